The molecule has 0 aromatic heterocycles. The summed E-state index contributed by atoms with van der Waals surface area (Å²) in [5.41, 5.74) is 1.13. The van der Waals surface area contributed by atoms with Crippen LogP contribution in [-0.2, 0) is 20.4 Å². The third-order valence-corrected chi connectivity index (χ3v) is 9.32. The van der Waals surface area contributed by atoms with Crippen LogP contribution in [0.2, 0.25) is 10.0 Å². The zero-order valence-electron chi connectivity index (χ0n) is 20.4. The second kappa shape index (κ2) is 10.3. The van der Waals surface area contributed by atoms with E-state index in [0.717, 1.165) is 5.69 Å². The van der Waals surface area contributed by atoms with Crippen LogP contribution in [0.25, 0.3) is 0 Å². The zero-order chi connectivity index (χ0) is 26.3. The monoisotopic (exact) mass is 562 g/mol. The molecule has 3 heterocycles. The van der Waals surface area contributed by atoms with Gasteiger partial charge >= 0.3 is 0 Å². The molecule has 2 unspecified atom stereocenters. The Hall–Kier alpha value is -2.62. The lowest BCUT2D eigenvalue weighted by atomic mass is 9.88. The Kier molecular flexibility index (Phi) is 7.22. The molecular formula is C26H28Cl2N4O4S. The molecule has 1 spiro atoms. The first-order valence-corrected chi connectivity index (χ1v) is 14.3. The van der Waals surface area contributed by atoms with Crippen molar-refractivity contribution in [3.63, 3.8) is 0 Å². The van der Waals surface area contributed by atoms with Gasteiger partial charge in [0.25, 0.3) is 5.91 Å². The number of benzene rings is 2. The molecule has 196 valence electrons. The van der Waals surface area contributed by atoms with Crippen LogP contribution in [-0.4, -0.2) is 81.8 Å². The van der Waals surface area contributed by atoms with Gasteiger partial charge < -0.3 is 20.0 Å². The van der Waals surface area contributed by atoms with E-state index < -0.39 is 10.8 Å². The molecule has 3 aliphatic heterocycles. The summed E-state index contributed by atoms with van der Waals surface area (Å²) in [5.74, 6) is -0.570. The molecule has 0 bridgehead atoms. The number of anilines is 1. The summed E-state index contributed by atoms with van der Waals surface area (Å²) in [6, 6.07) is 12.5. The zero-order valence-corrected chi connectivity index (χ0v) is 22.7. The van der Waals surface area contributed by atoms with Gasteiger partial charge in [-0.1, -0.05) is 29.3 Å². The maximum absolute atomic E-state index is 13.2. The van der Waals surface area contributed by atoms with Crippen molar-refractivity contribution in [2.75, 3.05) is 43.4 Å². The van der Waals surface area contributed by atoms with Gasteiger partial charge in [-0.15, -0.1) is 0 Å². The van der Waals surface area contributed by atoms with Crippen molar-refractivity contribution in [3.05, 3.63) is 58.1 Å². The number of nitrogens with one attached hydrogen (secondary N) is 1. The minimum absolute atomic E-state index is 0.00883. The SMILES string of the molecule is CC1CN(C(=O)c2ccc(S(=O)CC(=O)N3CC4(CCC(=O)N4)C3)c(Cl)c2)CCN1c1cccc(Cl)c1. The molecule has 3 amide bonds. The van der Waals surface area contributed by atoms with E-state index in [1.54, 1.807) is 21.9 Å². The molecule has 2 atom stereocenters. The number of halogens is 2. The maximum atomic E-state index is 13.2. The molecule has 0 aliphatic carbocycles. The molecule has 3 saturated heterocycles. The van der Waals surface area contributed by atoms with Crippen LogP contribution in [0, 0.1) is 0 Å². The van der Waals surface area contributed by atoms with Crippen molar-refractivity contribution >= 4 is 57.4 Å². The fraction of sp³-hybridized carbons (Fsp3) is 0.423. The van der Waals surface area contributed by atoms with E-state index in [1.165, 1.54) is 6.07 Å². The van der Waals surface area contributed by atoms with Gasteiger partial charge in [-0.3, -0.25) is 18.6 Å². The van der Waals surface area contributed by atoms with Crippen LogP contribution < -0.4 is 10.2 Å². The van der Waals surface area contributed by atoms with Gasteiger partial charge in [0.05, 0.1) is 26.3 Å². The molecule has 3 aliphatic rings. The van der Waals surface area contributed by atoms with Crippen LogP contribution >= 0.6 is 23.2 Å². The molecule has 2 aromatic carbocycles. The number of nitrogens with zero attached hydrogens (tertiary/aromatic N) is 3. The summed E-state index contributed by atoms with van der Waals surface area (Å²) < 4.78 is 12.9. The third-order valence-electron chi connectivity index (χ3n) is 7.31. The lowest BCUT2D eigenvalue weighted by Crippen LogP contribution is -2.68. The van der Waals surface area contributed by atoms with E-state index in [1.807, 2.05) is 24.3 Å². The average molecular weight is 564 g/mol. The predicted octanol–water partition coefficient (Wildman–Crippen LogP) is 2.94. The van der Waals surface area contributed by atoms with E-state index >= 15 is 0 Å². The molecule has 37 heavy (non-hydrogen) atoms. The van der Waals surface area contributed by atoms with Crippen molar-refractivity contribution < 1.29 is 18.6 Å². The highest BCUT2D eigenvalue weighted by atomic mass is 35.5. The minimum atomic E-state index is -1.65. The molecular weight excluding hydrogens is 535 g/mol. The summed E-state index contributed by atoms with van der Waals surface area (Å²) in [7, 11) is -1.65. The van der Waals surface area contributed by atoms with Crippen molar-refractivity contribution in [2.24, 2.45) is 0 Å². The quantitative estimate of drug-likeness (QED) is 0.605. The topological polar surface area (TPSA) is 90.0 Å². The van der Waals surface area contributed by atoms with Gasteiger partial charge in [0.1, 0.15) is 5.75 Å². The molecule has 2 aromatic rings. The van der Waals surface area contributed by atoms with Crippen molar-refractivity contribution in [1.29, 1.82) is 0 Å². The minimum Gasteiger partial charge on any atom is -0.365 e. The van der Waals surface area contributed by atoms with E-state index in [4.69, 9.17) is 23.2 Å². The molecule has 3 fully saturated rings. The fourth-order valence-corrected chi connectivity index (χ4v) is 7.02. The number of carbonyl (C=O) groups excluding carboxylic acids is 3. The molecule has 11 heteroatoms. The van der Waals surface area contributed by atoms with Crippen LogP contribution in [0.15, 0.2) is 47.4 Å². The first-order chi connectivity index (χ1) is 17.6. The highest BCUT2D eigenvalue weighted by molar-refractivity contribution is 7.85. The summed E-state index contributed by atoms with van der Waals surface area (Å²) in [4.78, 5) is 43.3. The number of carbonyl (C=O) groups is 3. The Balaban J connectivity index is 1.18. The Morgan fingerprint density at radius 3 is 2.54 bits per heavy atom. The Labute approximate surface area is 228 Å². The molecule has 0 saturated carbocycles. The number of rotatable bonds is 5. The lowest BCUT2D eigenvalue weighted by Gasteiger charge is -2.47. The predicted molar refractivity (Wildman–Crippen MR) is 144 cm³/mol. The third kappa shape index (κ3) is 5.35. The van der Waals surface area contributed by atoms with Crippen LogP contribution in [0.5, 0.6) is 0 Å². The van der Waals surface area contributed by atoms with Gasteiger partial charge in [-0.05, 0) is 49.7 Å². The normalized spacial score (nSPS) is 21.5. The van der Waals surface area contributed by atoms with Crippen molar-refractivity contribution in [2.45, 2.75) is 36.2 Å². The highest BCUT2D eigenvalue weighted by Crippen LogP contribution is 2.31. The van der Waals surface area contributed by atoms with Crippen molar-refractivity contribution in [3.8, 4) is 0 Å². The smallest absolute Gasteiger partial charge is 0.254 e. The second-order valence-electron chi connectivity index (χ2n) is 9.99. The van der Waals surface area contributed by atoms with Gasteiger partial charge in [0, 0.05) is 61.5 Å². The van der Waals surface area contributed by atoms with Crippen molar-refractivity contribution in [1.82, 2.24) is 15.1 Å². The summed E-state index contributed by atoms with van der Waals surface area (Å²) in [6.07, 6.45) is 1.19. The Bertz CT molecular complexity index is 1280. The van der Waals surface area contributed by atoms with Gasteiger partial charge in [0.2, 0.25) is 11.8 Å². The molecule has 0 radical (unpaired) electrons. The van der Waals surface area contributed by atoms with E-state index in [0.29, 0.717) is 61.0 Å². The molecule has 5 rings (SSSR count). The second-order valence-corrected chi connectivity index (χ2v) is 12.3. The van der Waals surface area contributed by atoms with Crippen LogP contribution in [0.3, 0.4) is 0 Å². The number of hydrogen-bond acceptors (Lipinski definition) is 5. The molecule has 8 nitrogen and oxygen atoms in total. The van der Waals surface area contributed by atoms with E-state index in [2.05, 4.69) is 17.1 Å². The van der Waals surface area contributed by atoms with E-state index in [9.17, 15) is 18.6 Å². The van der Waals surface area contributed by atoms with Crippen LogP contribution in [0.1, 0.15) is 30.1 Å². The Morgan fingerprint density at radius 2 is 1.89 bits per heavy atom. The number of amides is 3. The highest BCUT2D eigenvalue weighted by Gasteiger charge is 2.49. The van der Waals surface area contributed by atoms with Gasteiger partial charge in [-0.25, -0.2) is 0 Å². The van der Waals surface area contributed by atoms with E-state index in [-0.39, 0.29) is 40.1 Å². The number of likely N-dealkylation sites (tertiary alicyclic amines) is 1. The van der Waals surface area contributed by atoms with Gasteiger partial charge in [0.15, 0.2) is 0 Å². The maximum Gasteiger partial charge on any atom is 0.254 e. The summed E-state index contributed by atoms with van der Waals surface area (Å²) in [6.45, 7) is 4.72. The number of hydrogen-bond donors (Lipinski definition) is 1. The first kappa shape index (κ1) is 26.0. The average Bonchev–Trinajstić information content (AvgIpc) is 3.24. The summed E-state index contributed by atoms with van der Waals surface area (Å²) >= 11 is 12.6. The summed E-state index contributed by atoms with van der Waals surface area (Å²) in [5, 5.41) is 3.81. The molecule has 1 N–H and O–H groups in total. The first-order valence-electron chi connectivity index (χ1n) is 12.2. The lowest BCUT2D eigenvalue weighted by molar-refractivity contribution is -0.137. The standard InChI is InChI=1S/C26H28Cl2N4O4S/c1-17-13-30(9-10-32(17)20-4-2-3-19(27)12-20)25(35)18-5-6-22(21(28)11-18)37(36)14-24(34)31-15-26(16-31)8-7-23(33)29-26/h2-6,11-12,17H,7-10,13-16H2,1H3,(H,29,33). The largest absolute Gasteiger partial charge is 0.365 e. The van der Waals surface area contributed by atoms with Gasteiger partial charge in [-0.2, -0.15) is 0 Å². The Morgan fingerprint density at radius 1 is 1.11 bits per heavy atom. The van der Waals surface area contributed by atoms with Crippen LogP contribution in [0.4, 0.5) is 5.69 Å². The number of piperazine rings is 1. The fourth-order valence-electron chi connectivity index (χ4n) is 5.33.